The van der Waals surface area contributed by atoms with Crippen LogP contribution in [0, 0.1) is 0 Å². The predicted molar refractivity (Wildman–Crippen MR) is 43.5 cm³/mol. The number of carbonyl (C=O) groups excluding carboxylic acids is 1. The molecule has 0 atom stereocenters. The number of rotatable bonds is 3. The molecule has 4 heteroatoms. The van der Waals surface area contributed by atoms with Crippen LogP contribution in [0.1, 0.15) is 12.8 Å². The van der Waals surface area contributed by atoms with Gasteiger partial charge >= 0.3 is 0 Å². The van der Waals surface area contributed by atoms with Crippen molar-refractivity contribution in [1.29, 1.82) is 0 Å². The summed E-state index contributed by atoms with van der Waals surface area (Å²) in [4.78, 5) is 14.5. The van der Waals surface area contributed by atoms with Crippen LogP contribution in [-0.4, -0.2) is 44.5 Å². The minimum atomic E-state index is 0. The summed E-state index contributed by atoms with van der Waals surface area (Å²) in [5.41, 5.74) is 0. The fourth-order valence-electron chi connectivity index (χ4n) is 1.30. The van der Waals surface area contributed by atoms with Crippen LogP contribution in [-0.2, 0) is 4.79 Å². The first-order valence-corrected chi connectivity index (χ1v) is 4.27. The number of nitrogens with zero attached hydrogens (tertiary/aromatic N) is 1. The molecule has 0 aromatic rings. The zero-order valence-corrected chi connectivity index (χ0v) is 8.52. The normalized spacial score (nSPS) is 16.9. The third-order valence-corrected chi connectivity index (χ3v) is 2.05. The van der Waals surface area contributed by atoms with Crippen LogP contribution in [0.25, 0.3) is 0 Å². The van der Waals surface area contributed by atoms with Gasteiger partial charge in [0.25, 0.3) is 0 Å². The van der Waals surface area contributed by atoms with E-state index in [4.69, 9.17) is 0 Å². The van der Waals surface area contributed by atoms with Crippen molar-refractivity contribution in [3.63, 3.8) is 0 Å². The van der Waals surface area contributed by atoms with Gasteiger partial charge in [-0.2, -0.15) is 0 Å². The lowest BCUT2D eigenvalue weighted by Crippen LogP contribution is -3.06. The standard InChI is InChI=1S/C8H16N2O.ClH/c1-9(2)6-7-10-5-3-4-8(10)11;/h3-7H2,1-2H3;1H. The maximum Gasteiger partial charge on any atom is 0.222 e. The number of likely N-dealkylation sites (tertiary alicyclic amines) is 1. The second kappa shape index (κ2) is 5.38. The van der Waals surface area contributed by atoms with Crippen molar-refractivity contribution in [2.24, 2.45) is 0 Å². The van der Waals surface area contributed by atoms with E-state index in [1.807, 2.05) is 4.90 Å². The van der Waals surface area contributed by atoms with Crippen molar-refractivity contribution in [3.8, 4) is 0 Å². The molecule has 1 fully saturated rings. The van der Waals surface area contributed by atoms with Gasteiger partial charge in [-0.15, -0.1) is 0 Å². The van der Waals surface area contributed by atoms with Gasteiger partial charge in [-0.3, -0.25) is 4.79 Å². The molecule has 1 N–H and O–H groups in total. The Bertz CT molecular complexity index is 150. The Hall–Kier alpha value is -0.280. The minimum absolute atomic E-state index is 0. The van der Waals surface area contributed by atoms with Gasteiger partial charge < -0.3 is 22.2 Å². The van der Waals surface area contributed by atoms with E-state index in [0.717, 1.165) is 32.5 Å². The van der Waals surface area contributed by atoms with Crippen molar-refractivity contribution in [2.45, 2.75) is 12.8 Å². The summed E-state index contributed by atoms with van der Waals surface area (Å²) in [6.07, 6.45) is 1.82. The highest BCUT2D eigenvalue weighted by Crippen LogP contribution is 2.07. The molecule has 3 nitrogen and oxygen atoms in total. The van der Waals surface area contributed by atoms with Crippen LogP contribution in [0.4, 0.5) is 0 Å². The van der Waals surface area contributed by atoms with E-state index in [9.17, 15) is 4.79 Å². The highest BCUT2D eigenvalue weighted by atomic mass is 35.5. The van der Waals surface area contributed by atoms with Crippen molar-refractivity contribution in [2.75, 3.05) is 33.7 Å². The molecule has 0 spiro atoms. The number of quaternary nitrogens is 1. The molecule has 1 heterocycles. The van der Waals surface area contributed by atoms with Crippen LogP contribution >= 0.6 is 0 Å². The molecule has 1 rings (SSSR count). The van der Waals surface area contributed by atoms with E-state index in [1.165, 1.54) is 4.90 Å². The number of likely N-dealkylation sites (N-methyl/N-ethyl adjacent to an activating group) is 1. The monoisotopic (exact) mass is 192 g/mol. The molecule has 1 aliphatic rings. The number of carbonyl (C=O) groups is 1. The van der Waals surface area contributed by atoms with Gasteiger partial charge in [-0.05, 0) is 6.42 Å². The Balaban J connectivity index is 0.00000121. The first kappa shape index (κ1) is 11.7. The molecular formula is C8H17ClN2O. The van der Waals surface area contributed by atoms with Crippen molar-refractivity contribution >= 4 is 5.91 Å². The molecule has 1 saturated heterocycles. The lowest BCUT2D eigenvalue weighted by atomic mass is 10.4. The lowest BCUT2D eigenvalue weighted by molar-refractivity contribution is -0.857. The van der Waals surface area contributed by atoms with E-state index >= 15 is 0 Å². The van der Waals surface area contributed by atoms with Crippen molar-refractivity contribution in [3.05, 3.63) is 0 Å². The van der Waals surface area contributed by atoms with Gasteiger partial charge in [0, 0.05) is 13.0 Å². The van der Waals surface area contributed by atoms with Gasteiger partial charge in [0.1, 0.15) is 0 Å². The molecule has 0 aliphatic carbocycles. The van der Waals surface area contributed by atoms with Gasteiger partial charge in [0.15, 0.2) is 0 Å². The summed E-state index contributed by atoms with van der Waals surface area (Å²) in [7, 11) is 4.22. The minimum Gasteiger partial charge on any atom is -1.00 e. The number of halogens is 1. The van der Waals surface area contributed by atoms with E-state index in [0.29, 0.717) is 5.91 Å². The quantitative estimate of drug-likeness (QED) is 0.482. The van der Waals surface area contributed by atoms with Crippen LogP contribution in [0.5, 0.6) is 0 Å². The average Bonchev–Trinajstić information content (AvgIpc) is 2.31. The second-order valence-electron chi connectivity index (χ2n) is 3.44. The molecule has 12 heavy (non-hydrogen) atoms. The molecule has 1 amide bonds. The highest BCUT2D eigenvalue weighted by molar-refractivity contribution is 5.77. The van der Waals surface area contributed by atoms with Gasteiger partial charge in [-0.1, -0.05) is 0 Å². The van der Waals surface area contributed by atoms with Gasteiger partial charge in [0.2, 0.25) is 5.91 Å². The van der Waals surface area contributed by atoms with Crippen LogP contribution in [0.2, 0.25) is 0 Å². The lowest BCUT2D eigenvalue weighted by Gasteiger charge is -2.16. The fourth-order valence-corrected chi connectivity index (χ4v) is 1.30. The largest absolute Gasteiger partial charge is 1.00 e. The molecule has 0 unspecified atom stereocenters. The van der Waals surface area contributed by atoms with E-state index in [2.05, 4.69) is 14.1 Å². The fraction of sp³-hybridized carbons (Fsp3) is 0.875. The molecule has 0 radical (unpaired) electrons. The molecule has 72 valence electrons. The Morgan fingerprint density at radius 1 is 1.50 bits per heavy atom. The highest BCUT2D eigenvalue weighted by Gasteiger charge is 2.19. The summed E-state index contributed by atoms with van der Waals surface area (Å²) < 4.78 is 0. The summed E-state index contributed by atoms with van der Waals surface area (Å²) in [6.45, 7) is 2.97. The zero-order valence-electron chi connectivity index (χ0n) is 7.77. The summed E-state index contributed by atoms with van der Waals surface area (Å²) in [5.74, 6) is 0.339. The zero-order chi connectivity index (χ0) is 8.27. The Morgan fingerprint density at radius 3 is 2.58 bits per heavy atom. The topological polar surface area (TPSA) is 24.8 Å². The molecule has 1 aliphatic heterocycles. The maximum atomic E-state index is 11.1. The Labute approximate surface area is 80.1 Å². The first-order valence-electron chi connectivity index (χ1n) is 4.27. The predicted octanol–water partition coefficient (Wildman–Crippen LogP) is -4.24. The molecular weight excluding hydrogens is 176 g/mol. The second-order valence-corrected chi connectivity index (χ2v) is 3.44. The van der Waals surface area contributed by atoms with Crippen LogP contribution in [0.15, 0.2) is 0 Å². The number of hydrogen-bond acceptors (Lipinski definition) is 1. The van der Waals surface area contributed by atoms with Gasteiger partial charge in [0.05, 0.1) is 27.2 Å². The number of hydrogen-bond donors (Lipinski definition) is 1. The van der Waals surface area contributed by atoms with Crippen molar-refractivity contribution in [1.82, 2.24) is 4.90 Å². The maximum absolute atomic E-state index is 11.1. The average molecular weight is 193 g/mol. The van der Waals surface area contributed by atoms with Crippen LogP contribution in [0.3, 0.4) is 0 Å². The Kier molecular flexibility index (Phi) is 5.25. The van der Waals surface area contributed by atoms with Crippen molar-refractivity contribution < 1.29 is 22.1 Å². The molecule has 0 aromatic carbocycles. The number of nitrogens with one attached hydrogen (secondary N) is 1. The third kappa shape index (κ3) is 3.41. The Morgan fingerprint density at radius 2 is 2.17 bits per heavy atom. The van der Waals surface area contributed by atoms with E-state index in [-0.39, 0.29) is 12.4 Å². The summed E-state index contributed by atoms with van der Waals surface area (Å²) in [5, 5.41) is 0. The molecule has 0 aromatic heterocycles. The van der Waals surface area contributed by atoms with E-state index < -0.39 is 0 Å². The summed E-state index contributed by atoms with van der Waals surface area (Å²) in [6, 6.07) is 0. The third-order valence-electron chi connectivity index (χ3n) is 2.05. The summed E-state index contributed by atoms with van der Waals surface area (Å²) >= 11 is 0. The van der Waals surface area contributed by atoms with E-state index in [1.54, 1.807) is 0 Å². The number of amides is 1. The molecule has 0 bridgehead atoms. The SMILES string of the molecule is C[NH+](C)CCN1CCCC1=O.[Cl-]. The smallest absolute Gasteiger partial charge is 0.222 e. The molecule has 0 saturated carbocycles. The first-order chi connectivity index (χ1) is 5.20. The van der Waals surface area contributed by atoms with Crippen LogP contribution < -0.4 is 17.3 Å². The van der Waals surface area contributed by atoms with Gasteiger partial charge in [-0.25, -0.2) is 0 Å².